The highest BCUT2D eigenvalue weighted by Gasteiger charge is 2.23. The molecule has 0 aliphatic heterocycles. The molecule has 0 aromatic heterocycles. The fourth-order valence-electron chi connectivity index (χ4n) is 4.67. The molecule has 0 heterocycles. The van der Waals surface area contributed by atoms with Crippen LogP contribution in [0.2, 0.25) is 0 Å². The SMILES string of the molecule is CC(C)(C)c1c2ccccc2c(-c2cccc3ccccc23)c2ccccc12. The van der Waals surface area contributed by atoms with Crippen molar-refractivity contribution in [3.05, 3.63) is 96.6 Å². The van der Waals surface area contributed by atoms with Crippen molar-refractivity contribution >= 4 is 32.3 Å². The normalized spacial score (nSPS) is 12.1. The van der Waals surface area contributed by atoms with E-state index in [4.69, 9.17) is 0 Å². The van der Waals surface area contributed by atoms with Gasteiger partial charge in [-0.25, -0.2) is 0 Å². The molecule has 5 aromatic carbocycles. The summed E-state index contributed by atoms with van der Waals surface area (Å²) in [6.07, 6.45) is 0. The van der Waals surface area contributed by atoms with Crippen LogP contribution >= 0.6 is 0 Å². The molecule has 0 nitrogen and oxygen atoms in total. The number of hydrogen-bond donors (Lipinski definition) is 0. The number of rotatable bonds is 1. The molecule has 0 atom stereocenters. The summed E-state index contributed by atoms with van der Waals surface area (Å²) in [6, 6.07) is 33.2. The van der Waals surface area contributed by atoms with Gasteiger partial charge in [0.25, 0.3) is 0 Å². The van der Waals surface area contributed by atoms with Crippen LogP contribution in [0, 0.1) is 0 Å². The van der Waals surface area contributed by atoms with E-state index in [1.807, 2.05) is 0 Å². The van der Waals surface area contributed by atoms with E-state index in [0.717, 1.165) is 0 Å². The zero-order valence-corrected chi connectivity index (χ0v) is 16.7. The lowest BCUT2D eigenvalue weighted by atomic mass is 9.77. The van der Waals surface area contributed by atoms with E-state index in [2.05, 4.69) is 112 Å². The van der Waals surface area contributed by atoms with Gasteiger partial charge in [0.05, 0.1) is 0 Å². The van der Waals surface area contributed by atoms with Crippen molar-refractivity contribution in [2.75, 3.05) is 0 Å². The van der Waals surface area contributed by atoms with E-state index < -0.39 is 0 Å². The van der Waals surface area contributed by atoms with Crippen molar-refractivity contribution in [3.63, 3.8) is 0 Å². The smallest absolute Gasteiger partial charge is 0.00204 e. The fourth-order valence-corrected chi connectivity index (χ4v) is 4.67. The summed E-state index contributed by atoms with van der Waals surface area (Å²) in [4.78, 5) is 0. The molecule has 0 saturated carbocycles. The van der Waals surface area contributed by atoms with Crippen molar-refractivity contribution in [2.45, 2.75) is 26.2 Å². The van der Waals surface area contributed by atoms with Crippen molar-refractivity contribution < 1.29 is 0 Å². The van der Waals surface area contributed by atoms with Gasteiger partial charge in [-0.05, 0) is 54.4 Å². The first-order valence-corrected chi connectivity index (χ1v) is 9.98. The van der Waals surface area contributed by atoms with Crippen molar-refractivity contribution in [3.8, 4) is 11.1 Å². The molecule has 136 valence electrons. The average molecular weight is 361 g/mol. The van der Waals surface area contributed by atoms with Gasteiger partial charge in [-0.3, -0.25) is 0 Å². The molecule has 0 unspecified atom stereocenters. The molecule has 5 aromatic rings. The third kappa shape index (κ3) is 2.52. The molecular formula is C28H24. The predicted molar refractivity (Wildman–Crippen MR) is 123 cm³/mol. The lowest BCUT2D eigenvalue weighted by molar-refractivity contribution is 0.601. The topological polar surface area (TPSA) is 0 Å². The van der Waals surface area contributed by atoms with E-state index in [0.29, 0.717) is 0 Å². The van der Waals surface area contributed by atoms with Gasteiger partial charge < -0.3 is 0 Å². The third-order valence-electron chi connectivity index (χ3n) is 5.74. The maximum Gasteiger partial charge on any atom is -0.00204 e. The van der Waals surface area contributed by atoms with E-state index >= 15 is 0 Å². The molecule has 0 amide bonds. The number of fused-ring (bicyclic) bond motifs is 3. The first-order valence-electron chi connectivity index (χ1n) is 9.98. The Balaban J connectivity index is 2.06. The molecular weight excluding hydrogens is 336 g/mol. The highest BCUT2D eigenvalue weighted by atomic mass is 14.3. The van der Waals surface area contributed by atoms with Crippen LogP contribution in [0.5, 0.6) is 0 Å². The lowest BCUT2D eigenvalue weighted by Crippen LogP contribution is -2.13. The van der Waals surface area contributed by atoms with Gasteiger partial charge in [0.2, 0.25) is 0 Å². The van der Waals surface area contributed by atoms with E-state index in [1.165, 1.54) is 49.0 Å². The molecule has 0 aliphatic carbocycles. The minimum absolute atomic E-state index is 0.0660. The van der Waals surface area contributed by atoms with E-state index in [1.54, 1.807) is 0 Å². The summed E-state index contributed by atoms with van der Waals surface area (Å²) in [5, 5.41) is 7.98. The molecule has 28 heavy (non-hydrogen) atoms. The first-order chi connectivity index (χ1) is 13.6. The standard InChI is InChI=1S/C28H24/c1-28(2,3)27-24-16-8-6-14-22(24)26(23-15-7-9-17-25(23)27)21-18-10-12-19-11-4-5-13-20(19)21/h4-18H,1-3H3. The van der Waals surface area contributed by atoms with Gasteiger partial charge in [-0.1, -0.05) is 112 Å². The summed E-state index contributed by atoms with van der Waals surface area (Å²) in [5.41, 5.74) is 4.15. The Bertz CT molecular complexity index is 1270. The quantitative estimate of drug-likeness (QED) is 0.265. The van der Waals surface area contributed by atoms with Crippen LogP contribution < -0.4 is 0 Å². The summed E-state index contributed by atoms with van der Waals surface area (Å²) in [7, 11) is 0. The Kier molecular flexibility index (Phi) is 3.77. The second kappa shape index (κ2) is 6.21. The van der Waals surface area contributed by atoms with Gasteiger partial charge in [-0.2, -0.15) is 0 Å². The van der Waals surface area contributed by atoms with Crippen molar-refractivity contribution in [1.82, 2.24) is 0 Å². The van der Waals surface area contributed by atoms with Crippen LogP contribution in [-0.2, 0) is 5.41 Å². The molecule has 5 rings (SSSR count). The van der Waals surface area contributed by atoms with E-state index in [-0.39, 0.29) is 5.41 Å². The maximum absolute atomic E-state index is 2.32. The van der Waals surface area contributed by atoms with Crippen molar-refractivity contribution in [2.24, 2.45) is 0 Å². The summed E-state index contributed by atoms with van der Waals surface area (Å²) >= 11 is 0. The predicted octanol–water partition coefficient (Wildman–Crippen LogP) is 8.11. The Morgan fingerprint density at radius 2 is 0.929 bits per heavy atom. The fraction of sp³-hybridized carbons (Fsp3) is 0.143. The van der Waals surface area contributed by atoms with Crippen LogP contribution in [0.15, 0.2) is 91.0 Å². The second-order valence-electron chi connectivity index (χ2n) is 8.62. The Morgan fingerprint density at radius 3 is 1.50 bits per heavy atom. The molecule has 0 spiro atoms. The van der Waals surface area contributed by atoms with Crippen LogP contribution in [0.3, 0.4) is 0 Å². The molecule has 0 heteroatoms. The highest BCUT2D eigenvalue weighted by Crippen LogP contribution is 2.44. The Morgan fingerprint density at radius 1 is 0.464 bits per heavy atom. The minimum atomic E-state index is 0.0660. The van der Waals surface area contributed by atoms with E-state index in [9.17, 15) is 0 Å². The van der Waals surface area contributed by atoms with Crippen molar-refractivity contribution in [1.29, 1.82) is 0 Å². The van der Waals surface area contributed by atoms with Gasteiger partial charge >= 0.3 is 0 Å². The zero-order chi connectivity index (χ0) is 19.3. The summed E-state index contributed by atoms with van der Waals surface area (Å²) in [6.45, 7) is 6.95. The summed E-state index contributed by atoms with van der Waals surface area (Å²) in [5.74, 6) is 0. The molecule has 0 fully saturated rings. The van der Waals surface area contributed by atoms with Gasteiger partial charge in [0, 0.05) is 0 Å². The molecule has 0 aliphatic rings. The summed E-state index contributed by atoms with van der Waals surface area (Å²) < 4.78 is 0. The average Bonchev–Trinajstić information content (AvgIpc) is 2.70. The number of hydrogen-bond acceptors (Lipinski definition) is 0. The first kappa shape index (κ1) is 17.0. The third-order valence-corrected chi connectivity index (χ3v) is 5.74. The lowest BCUT2D eigenvalue weighted by Gasteiger charge is -2.26. The molecule has 0 N–H and O–H groups in total. The monoisotopic (exact) mass is 360 g/mol. The minimum Gasteiger partial charge on any atom is -0.0616 e. The molecule has 0 saturated heterocycles. The largest absolute Gasteiger partial charge is 0.0616 e. The second-order valence-corrected chi connectivity index (χ2v) is 8.62. The van der Waals surface area contributed by atoms with Crippen LogP contribution in [-0.4, -0.2) is 0 Å². The Hall–Kier alpha value is -3.12. The van der Waals surface area contributed by atoms with Gasteiger partial charge in [0.15, 0.2) is 0 Å². The van der Waals surface area contributed by atoms with Crippen LogP contribution in [0.1, 0.15) is 26.3 Å². The molecule has 0 bridgehead atoms. The Labute approximate surface area is 166 Å². The molecule has 0 radical (unpaired) electrons. The zero-order valence-electron chi connectivity index (χ0n) is 16.7. The number of benzene rings is 5. The van der Waals surface area contributed by atoms with Gasteiger partial charge in [0.1, 0.15) is 0 Å². The van der Waals surface area contributed by atoms with Crippen LogP contribution in [0.4, 0.5) is 0 Å². The maximum atomic E-state index is 2.32. The van der Waals surface area contributed by atoms with Gasteiger partial charge in [-0.15, -0.1) is 0 Å². The highest BCUT2D eigenvalue weighted by molar-refractivity contribution is 6.18. The van der Waals surface area contributed by atoms with Crippen LogP contribution in [0.25, 0.3) is 43.4 Å².